The number of anilines is 1. The number of hydrogen-bond acceptors (Lipinski definition) is 6. The molecule has 0 unspecified atom stereocenters. The summed E-state index contributed by atoms with van der Waals surface area (Å²) in [5.41, 5.74) is 2.11. The predicted octanol–water partition coefficient (Wildman–Crippen LogP) is 6.49. The number of fused-ring (bicyclic) bond motifs is 2. The second-order valence-corrected chi connectivity index (χ2v) is 8.87. The fourth-order valence-corrected chi connectivity index (χ4v) is 5.02. The first kappa shape index (κ1) is 22.8. The van der Waals surface area contributed by atoms with Crippen LogP contribution in [0.5, 0.6) is 11.5 Å². The molecule has 35 heavy (non-hydrogen) atoms. The minimum absolute atomic E-state index is 0.181. The molecule has 3 aromatic carbocycles. The van der Waals surface area contributed by atoms with Crippen molar-refractivity contribution in [1.82, 2.24) is 9.97 Å². The number of aromatic nitrogens is 2. The van der Waals surface area contributed by atoms with Crippen molar-refractivity contribution >= 4 is 43.4 Å². The van der Waals surface area contributed by atoms with Crippen LogP contribution in [0.3, 0.4) is 0 Å². The Labute approximate surface area is 207 Å². The van der Waals surface area contributed by atoms with Crippen LogP contribution in [0.15, 0.2) is 79.0 Å². The Kier molecular flexibility index (Phi) is 6.59. The van der Waals surface area contributed by atoms with Gasteiger partial charge in [-0.05, 0) is 61.0 Å². The zero-order valence-electron chi connectivity index (χ0n) is 19.6. The Balaban J connectivity index is 1.65. The molecule has 5 rings (SSSR count). The van der Waals surface area contributed by atoms with Crippen LogP contribution >= 0.6 is 11.3 Å². The minimum Gasteiger partial charge on any atom is -0.494 e. The van der Waals surface area contributed by atoms with Crippen molar-refractivity contribution in [2.45, 2.75) is 20.4 Å². The monoisotopic (exact) mass is 483 g/mol. The van der Waals surface area contributed by atoms with Crippen LogP contribution in [0, 0.1) is 0 Å². The summed E-state index contributed by atoms with van der Waals surface area (Å²) < 4.78 is 12.5. The lowest BCUT2D eigenvalue weighted by molar-refractivity contribution is 0.0983. The lowest BCUT2D eigenvalue weighted by Crippen LogP contribution is -2.31. The summed E-state index contributed by atoms with van der Waals surface area (Å²) in [5.74, 6) is 1.16. The van der Waals surface area contributed by atoms with E-state index < -0.39 is 0 Å². The highest BCUT2D eigenvalue weighted by Crippen LogP contribution is 2.36. The molecule has 6 nitrogen and oxygen atoms in total. The molecule has 0 aliphatic heterocycles. The normalized spacial score (nSPS) is 11.0. The van der Waals surface area contributed by atoms with Crippen LogP contribution in [-0.2, 0) is 6.54 Å². The average molecular weight is 484 g/mol. The molecule has 0 saturated carbocycles. The molecule has 0 saturated heterocycles. The Hall–Kier alpha value is -3.97. The maximum absolute atomic E-state index is 14.3. The van der Waals surface area contributed by atoms with E-state index >= 15 is 0 Å². The van der Waals surface area contributed by atoms with Gasteiger partial charge in [-0.15, -0.1) is 0 Å². The van der Waals surface area contributed by atoms with Gasteiger partial charge in [0.05, 0.1) is 41.2 Å². The molecule has 0 fully saturated rings. The van der Waals surface area contributed by atoms with Crippen molar-refractivity contribution in [2.24, 2.45) is 0 Å². The lowest BCUT2D eigenvalue weighted by Gasteiger charge is -2.22. The number of carbonyl (C=O) groups is 1. The van der Waals surface area contributed by atoms with Crippen molar-refractivity contribution < 1.29 is 14.3 Å². The Morgan fingerprint density at radius 1 is 0.943 bits per heavy atom. The number of amides is 1. The quantitative estimate of drug-likeness (QED) is 0.252. The number of ether oxygens (including phenoxy) is 2. The molecule has 2 aromatic heterocycles. The van der Waals surface area contributed by atoms with E-state index in [0.717, 1.165) is 32.4 Å². The topological polar surface area (TPSA) is 64.5 Å². The second-order valence-electron chi connectivity index (χ2n) is 7.86. The molecule has 1 amide bonds. The van der Waals surface area contributed by atoms with Gasteiger partial charge in [0.1, 0.15) is 11.5 Å². The molecule has 0 aliphatic rings. The number of benzene rings is 3. The van der Waals surface area contributed by atoms with Crippen molar-refractivity contribution in [2.75, 3.05) is 18.1 Å². The van der Waals surface area contributed by atoms with Gasteiger partial charge < -0.3 is 9.47 Å². The van der Waals surface area contributed by atoms with Crippen molar-refractivity contribution in [3.63, 3.8) is 0 Å². The van der Waals surface area contributed by atoms with Gasteiger partial charge in [0.2, 0.25) is 0 Å². The van der Waals surface area contributed by atoms with Gasteiger partial charge in [-0.3, -0.25) is 14.7 Å². The Morgan fingerprint density at radius 3 is 2.57 bits per heavy atom. The molecule has 0 radical (unpaired) electrons. The van der Waals surface area contributed by atoms with Crippen LogP contribution in [0.2, 0.25) is 0 Å². The number of carbonyl (C=O) groups excluding carboxylic acids is 1. The maximum Gasteiger partial charge on any atom is 0.264 e. The standard InChI is InChI=1S/C28H25N3O3S/c1-3-33-21-13-14-23-25(17-21)35-28(30-23)31(18-20-10-7-8-16-29-20)27(32)26-22-11-6-5-9-19(22)12-15-24(26)34-4-2/h5-17H,3-4,18H2,1-2H3. The highest BCUT2D eigenvalue weighted by atomic mass is 32.1. The average Bonchev–Trinajstić information content (AvgIpc) is 3.31. The number of rotatable bonds is 8. The van der Waals surface area contributed by atoms with Gasteiger partial charge in [0, 0.05) is 6.20 Å². The van der Waals surface area contributed by atoms with Gasteiger partial charge >= 0.3 is 0 Å². The number of thiazole rings is 1. The molecular weight excluding hydrogens is 458 g/mol. The minimum atomic E-state index is -0.181. The molecule has 176 valence electrons. The van der Waals surface area contributed by atoms with E-state index in [9.17, 15) is 4.79 Å². The fraction of sp³-hybridized carbons (Fsp3) is 0.179. The first-order valence-electron chi connectivity index (χ1n) is 11.6. The van der Waals surface area contributed by atoms with Gasteiger partial charge in [-0.2, -0.15) is 0 Å². The third kappa shape index (κ3) is 4.68. The number of nitrogens with zero attached hydrogens (tertiary/aromatic N) is 3. The molecule has 0 N–H and O–H groups in total. The lowest BCUT2D eigenvalue weighted by atomic mass is 10.0. The van der Waals surface area contributed by atoms with E-state index in [2.05, 4.69) is 4.98 Å². The summed E-state index contributed by atoms with van der Waals surface area (Å²) in [4.78, 5) is 25.2. The van der Waals surface area contributed by atoms with E-state index in [-0.39, 0.29) is 12.5 Å². The largest absolute Gasteiger partial charge is 0.494 e. The summed E-state index contributed by atoms with van der Waals surface area (Å²) in [5, 5.41) is 2.41. The number of pyridine rings is 1. The first-order chi connectivity index (χ1) is 17.2. The Bertz CT molecular complexity index is 1480. The van der Waals surface area contributed by atoms with E-state index in [1.807, 2.05) is 86.6 Å². The summed E-state index contributed by atoms with van der Waals surface area (Å²) in [7, 11) is 0. The third-order valence-electron chi connectivity index (χ3n) is 5.59. The Morgan fingerprint density at radius 2 is 1.77 bits per heavy atom. The first-order valence-corrected chi connectivity index (χ1v) is 12.4. The second kappa shape index (κ2) is 10.1. The molecule has 0 bridgehead atoms. The molecule has 7 heteroatoms. The predicted molar refractivity (Wildman–Crippen MR) is 141 cm³/mol. The van der Waals surface area contributed by atoms with Crippen LogP contribution in [0.1, 0.15) is 29.9 Å². The van der Waals surface area contributed by atoms with E-state index in [4.69, 9.17) is 14.5 Å². The summed E-state index contributed by atoms with van der Waals surface area (Å²) in [6.45, 7) is 5.20. The molecule has 0 spiro atoms. The summed E-state index contributed by atoms with van der Waals surface area (Å²) in [6, 6.07) is 23.2. The van der Waals surface area contributed by atoms with Crippen LogP contribution in [0.4, 0.5) is 5.13 Å². The SMILES string of the molecule is CCOc1ccc2nc(N(Cc3ccccn3)C(=O)c3c(OCC)ccc4ccccc34)sc2c1. The maximum atomic E-state index is 14.3. The van der Waals surface area contributed by atoms with Gasteiger partial charge in [-0.25, -0.2) is 4.98 Å². The van der Waals surface area contributed by atoms with Gasteiger partial charge in [0.15, 0.2) is 5.13 Å². The van der Waals surface area contributed by atoms with Gasteiger partial charge in [0.25, 0.3) is 5.91 Å². The third-order valence-corrected chi connectivity index (χ3v) is 6.63. The molecule has 0 aliphatic carbocycles. The van der Waals surface area contributed by atoms with Crippen LogP contribution < -0.4 is 14.4 Å². The molecule has 2 heterocycles. The van der Waals surface area contributed by atoms with E-state index in [1.165, 1.54) is 11.3 Å². The highest BCUT2D eigenvalue weighted by Gasteiger charge is 2.27. The fourth-order valence-electron chi connectivity index (χ4n) is 4.03. The zero-order valence-corrected chi connectivity index (χ0v) is 20.4. The molecular formula is C28H25N3O3S. The molecule has 0 atom stereocenters. The summed E-state index contributed by atoms with van der Waals surface area (Å²) in [6.07, 6.45) is 1.73. The summed E-state index contributed by atoms with van der Waals surface area (Å²) >= 11 is 1.46. The van der Waals surface area contributed by atoms with Gasteiger partial charge in [-0.1, -0.05) is 47.7 Å². The van der Waals surface area contributed by atoms with Crippen molar-refractivity contribution in [3.8, 4) is 11.5 Å². The number of hydrogen-bond donors (Lipinski definition) is 0. The van der Waals surface area contributed by atoms with E-state index in [0.29, 0.717) is 29.7 Å². The zero-order chi connectivity index (χ0) is 24.2. The smallest absolute Gasteiger partial charge is 0.264 e. The van der Waals surface area contributed by atoms with Crippen LogP contribution in [-0.4, -0.2) is 29.1 Å². The molecule has 5 aromatic rings. The van der Waals surface area contributed by atoms with Crippen LogP contribution in [0.25, 0.3) is 21.0 Å². The van der Waals surface area contributed by atoms with E-state index in [1.54, 1.807) is 11.1 Å². The van der Waals surface area contributed by atoms with Crippen molar-refractivity contribution in [3.05, 3.63) is 90.3 Å². The van der Waals surface area contributed by atoms with Crippen molar-refractivity contribution in [1.29, 1.82) is 0 Å². The highest BCUT2D eigenvalue weighted by molar-refractivity contribution is 7.22.